The van der Waals surface area contributed by atoms with E-state index in [0.29, 0.717) is 11.0 Å². The van der Waals surface area contributed by atoms with Gasteiger partial charge in [-0.2, -0.15) is 0 Å². The van der Waals surface area contributed by atoms with Gasteiger partial charge in [0, 0.05) is 6.20 Å². The molecule has 0 amide bonds. The number of rotatable bonds is 0. The fraction of sp³-hybridized carbons (Fsp3) is 0.455. The van der Waals surface area contributed by atoms with Gasteiger partial charge in [-0.25, -0.2) is 9.36 Å². The van der Waals surface area contributed by atoms with E-state index in [1.165, 1.54) is 4.57 Å². The van der Waals surface area contributed by atoms with Crippen LogP contribution in [0.4, 0.5) is 0 Å². The number of hydrogen-bond donors (Lipinski definition) is 3. The van der Waals surface area contributed by atoms with Gasteiger partial charge in [0.2, 0.25) is 0 Å². The van der Waals surface area contributed by atoms with Crippen molar-refractivity contribution < 1.29 is 14.9 Å². The maximum atomic E-state index is 12.0. The molecule has 8 nitrogen and oxygen atoms in total. The Balaban J connectivity index is 2.14. The Morgan fingerprint density at radius 1 is 1.32 bits per heavy atom. The first-order chi connectivity index (χ1) is 9.08. The van der Waals surface area contributed by atoms with Gasteiger partial charge in [0.15, 0.2) is 6.23 Å². The van der Waals surface area contributed by atoms with Crippen molar-refractivity contribution in [1.29, 1.82) is 0 Å². The number of H-pyrrole nitrogens is 1. The molecule has 3 N–H and O–H groups in total. The van der Waals surface area contributed by atoms with Gasteiger partial charge in [0.05, 0.1) is 11.9 Å². The van der Waals surface area contributed by atoms with Crippen LogP contribution in [0, 0.1) is 0 Å². The molecule has 4 heterocycles. The standard InChI is InChI=1S/C11H11N3O5/c15-6-5-3-13-2-1-4-8(17)12-11(18)14(9(4)13)10(19-5)7(6)16/h1-2,5-7,10,15-16H,3H2,(H,12,17,18). The molecule has 4 unspecified atom stereocenters. The molecule has 100 valence electrons. The second-order valence-corrected chi connectivity index (χ2v) is 4.88. The lowest BCUT2D eigenvalue weighted by atomic mass is 10.1. The number of fused-ring (bicyclic) bond motifs is 3. The number of aromatic amines is 1. The highest BCUT2D eigenvalue weighted by Gasteiger charge is 2.46. The minimum Gasteiger partial charge on any atom is -0.387 e. The fourth-order valence-electron chi connectivity index (χ4n) is 2.90. The summed E-state index contributed by atoms with van der Waals surface area (Å²) < 4.78 is 8.40. The van der Waals surface area contributed by atoms with Gasteiger partial charge in [-0.3, -0.25) is 9.78 Å². The molecule has 0 saturated carbocycles. The number of aliphatic hydroxyl groups excluding tert-OH is 2. The van der Waals surface area contributed by atoms with Gasteiger partial charge in [-0.15, -0.1) is 0 Å². The topological polar surface area (TPSA) is 109 Å². The Labute approximate surface area is 105 Å². The maximum absolute atomic E-state index is 12.0. The van der Waals surface area contributed by atoms with Crippen LogP contribution in [-0.4, -0.2) is 42.6 Å². The van der Waals surface area contributed by atoms with Crippen molar-refractivity contribution in [2.45, 2.75) is 31.1 Å². The van der Waals surface area contributed by atoms with Crippen molar-refractivity contribution in [2.75, 3.05) is 0 Å². The Morgan fingerprint density at radius 3 is 2.89 bits per heavy atom. The van der Waals surface area contributed by atoms with Gasteiger partial charge in [0.1, 0.15) is 24.0 Å². The fourth-order valence-corrected chi connectivity index (χ4v) is 2.90. The predicted molar refractivity (Wildman–Crippen MR) is 62.7 cm³/mol. The molecule has 2 aromatic rings. The molecule has 0 aliphatic carbocycles. The molecule has 0 aromatic carbocycles. The van der Waals surface area contributed by atoms with Crippen LogP contribution in [-0.2, 0) is 11.3 Å². The minimum absolute atomic E-state index is 0.279. The predicted octanol–water partition coefficient (Wildman–Crippen LogP) is -1.88. The first kappa shape index (κ1) is 11.0. The molecule has 2 aliphatic rings. The number of nitrogens with one attached hydrogen (secondary N) is 1. The van der Waals surface area contributed by atoms with Gasteiger partial charge < -0.3 is 19.5 Å². The highest BCUT2D eigenvalue weighted by atomic mass is 16.6. The number of ether oxygens (including phenoxy) is 1. The summed E-state index contributed by atoms with van der Waals surface area (Å²) in [6, 6.07) is 1.60. The quantitative estimate of drug-likeness (QED) is 0.516. The maximum Gasteiger partial charge on any atom is 0.332 e. The highest BCUT2D eigenvalue weighted by molar-refractivity contribution is 5.75. The molecule has 4 atom stereocenters. The molecule has 2 aromatic heterocycles. The molecule has 2 bridgehead atoms. The summed E-state index contributed by atoms with van der Waals surface area (Å²) in [4.78, 5) is 25.9. The van der Waals surface area contributed by atoms with E-state index in [4.69, 9.17) is 4.74 Å². The summed E-state index contributed by atoms with van der Waals surface area (Å²) >= 11 is 0. The Hall–Kier alpha value is -1.90. The zero-order valence-electron chi connectivity index (χ0n) is 9.68. The van der Waals surface area contributed by atoms with Crippen molar-refractivity contribution >= 4 is 11.0 Å². The van der Waals surface area contributed by atoms with Gasteiger partial charge in [-0.1, -0.05) is 0 Å². The molecular weight excluding hydrogens is 254 g/mol. The molecule has 8 heteroatoms. The lowest BCUT2D eigenvalue weighted by Crippen LogP contribution is -2.40. The van der Waals surface area contributed by atoms with E-state index in [-0.39, 0.29) is 6.54 Å². The monoisotopic (exact) mass is 265 g/mol. The number of aromatic nitrogens is 3. The molecule has 19 heavy (non-hydrogen) atoms. The first-order valence-corrected chi connectivity index (χ1v) is 5.93. The van der Waals surface area contributed by atoms with Gasteiger partial charge >= 0.3 is 5.69 Å². The Bertz CT molecular complexity index is 788. The third-order valence-electron chi connectivity index (χ3n) is 3.81. The van der Waals surface area contributed by atoms with Crippen LogP contribution in [0.3, 0.4) is 0 Å². The Morgan fingerprint density at radius 2 is 2.11 bits per heavy atom. The van der Waals surface area contributed by atoms with Crippen LogP contribution in [0.25, 0.3) is 11.0 Å². The SMILES string of the molecule is O=c1[nH]c(=O)n2c3c1ccn3CC1OC2C(O)C1O. The molecule has 4 rings (SSSR count). The largest absolute Gasteiger partial charge is 0.387 e. The van der Waals surface area contributed by atoms with E-state index < -0.39 is 35.8 Å². The molecule has 0 radical (unpaired) electrons. The number of hydrogen-bond acceptors (Lipinski definition) is 5. The second-order valence-electron chi connectivity index (χ2n) is 4.88. The number of aliphatic hydroxyl groups is 2. The molecule has 2 aliphatic heterocycles. The van der Waals surface area contributed by atoms with Gasteiger partial charge in [-0.05, 0) is 6.07 Å². The van der Waals surface area contributed by atoms with Crippen molar-refractivity contribution in [3.05, 3.63) is 33.1 Å². The van der Waals surface area contributed by atoms with E-state index >= 15 is 0 Å². The van der Waals surface area contributed by atoms with Gasteiger partial charge in [0.25, 0.3) is 5.56 Å². The number of nitrogens with zero attached hydrogens (tertiary/aromatic N) is 2. The van der Waals surface area contributed by atoms with E-state index in [2.05, 4.69) is 4.98 Å². The lowest BCUT2D eigenvalue weighted by molar-refractivity contribution is -0.0352. The zero-order valence-corrected chi connectivity index (χ0v) is 9.68. The summed E-state index contributed by atoms with van der Waals surface area (Å²) in [6.45, 7) is 0.279. The Kier molecular flexibility index (Phi) is 1.93. The van der Waals surface area contributed by atoms with Crippen molar-refractivity contribution in [3.63, 3.8) is 0 Å². The van der Waals surface area contributed by atoms with Crippen LogP contribution in [0.1, 0.15) is 6.23 Å². The van der Waals surface area contributed by atoms with Crippen LogP contribution >= 0.6 is 0 Å². The van der Waals surface area contributed by atoms with Crippen LogP contribution in [0.15, 0.2) is 21.9 Å². The van der Waals surface area contributed by atoms with Crippen LogP contribution < -0.4 is 11.2 Å². The van der Waals surface area contributed by atoms with Crippen molar-refractivity contribution in [1.82, 2.24) is 14.1 Å². The third-order valence-corrected chi connectivity index (χ3v) is 3.81. The first-order valence-electron chi connectivity index (χ1n) is 5.93. The average molecular weight is 265 g/mol. The third kappa shape index (κ3) is 1.23. The molecule has 0 spiro atoms. The normalized spacial score (nSPS) is 32.7. The summed E-state index contributed by atoms with van der Waals surface area (Å²) in [7, 11) is 0. The van der Waals surface area contributed by atoms with Crippen molar-refractivity contribution in [3.8, 4) is 0 Å². The van der Waals surface area contributed by atoms with E-state index in [0.717, 1.165) is 0 Å². The highest BCUT2D eigenvalue weighted by Crippen LogP contribution is 2.34. The van der Waals surface area contributed by atoms with E-state index in [1.807, 2.05) is 0 Å². The average Bonchev–Trinajstić information content (AvgIpc) is 2.82. The molecule has 1 saturated heterocycles. The van der Waals surface area contributed by atoms with Crippen molar-refractivity contribution in [2.24, 2.45) is 0 Å². The lowest BCUT2D eigenvalue weighted by Gasteiger charge is -2.20. The van der Waals surface area contributed by atoms with Crippen LogP contribution in [0.5, 0.6) is 0 Å². The second kappa shape index (κ2) is 3.35. The van der Waals surface area contributed by atoms with E-state index in [1.54, 1.807) is 16.8 Å². The van der Waals surface area contributed by atoms with E-state index in [9.17, 15) is 19.8 Å². The summed E-state index contributed by atoms with van der Waals surface area (Å²) in [5.41, 5.74) is -0.716. The summed E-state index contributed by atoms with van der Waals surface area (Å²) in [6.07, 6.45) is -2.18. The summed E-state index contributed by atoms with van der Waals surface area (Å²) in [5.74, 6) is 0. The van der Waals surface area contributed by atoms with Crippen LogP contribution in [0.2, 0.25) is 0 Å². The smallest absolute Gasteiger partial charge is 0.332 e. The minimum atomic E-state index is -1.19. The molecule has 1 fully saturated rings. The zero-order chi connectivity index (χ0) is 13.3. The molecular formula is C11H11N3O5. The summed E-state index contributed by atoms with van der Waals surface area (Å²) in [5, 5.41) is 20.2.